The first-order valence-electron chi connectivity index (χ1n) is 4.77. The monoisotopic (exact) mass is 192 g/mol. The standard InChI is InChI=1S/C5H10N2.C5H6N2/c2*1-5-6-3-2-4-7-5/h2-4H2,1H3,(H,6,7);2-4H,1H3. The Bertz CT molecular complexity index is 281. The van der Waals surface area contributed by atoms with Gasteiger partial charge in [0.25, 0.3) is 0 Å². The van der Waals surface area contributed by atoms with Gasteiger partial charge in [0.05, 0.1) is 5.84 Å². The number of hydrogen-bond donors (Lipinski definition) is 1. The first-order valence-corrected chi connectivity index (χ1v) is 4.77. The van der Waals surface area contributed by atoms with Gasteiger partial charge in [-0.3, -0.25) is 4.99 Å². The van der Waals surface area contributed by atoms with Gasteiger partial charge in [-0.25, -0.2) is 9.97 Å². The first kappa shape index (κ1) is 10.6. The van der Waals surface area contributed by atoms with Crippen LogP contribution in [0, 0.1) is 6.92 Å². The van der Waals surface area contributed by atoms with E-state index in [1.807, 2.05) is 13.8 Å². The first-order chi connectivity index (χ1) is 6.79. The number of nitrogens with one attached hydrogen (secondary N) is 1. The number of aryl methyl sites for hydroxylation is 1. The molecule has 2 heterocycles. The van der Waals surface area contributed by atoms with Gasteiger partial charge in [0.1, 0.15) is 5.82 Å². The SMILES string of the molecule is CC1=NCCCN1.Cc1ncccn1. The molecule has 0 radical (unpaired) electrons. The van der Waals surface area contributed by atoms with Gasteiger partial charge >= 0.3 is 0 Å². The Morgan fingerprint density at radius 3 is 2.21 bits per heavy atom. The van der Waals surface area contributed by atoms with Crippen molar-refractivity contribution >= 4 is 5.84 Å². The number of amidine groups is 1. The Morgan fingerprint density at radius 2 is 1.93 bits per heavy atom. The average molecular weight is 192 g/mol. The Kier molecular flexibility index (Phi) is 4.61. The lowest BCUT2D eigenvalue weighted by molar-refractivity contribution is 0.739. The summed E-state index contributed by atoms with van der Waals surface area (Å²) in [7, 11) is 0. The van der Waals surface area contributed by atoms with Crippen molar-refractivity contribution in [3.05, 3.63) is 24.3 Å². The van der Waals surface area contributed by atoms with E-state index in [2.05, 4.69) is 20.3 Å². The summed E-state index contributed by atoms with van der Waals surface area (Å²) < 4.78 is 0. The van der Waals surface area contributed by atoms with E-state index in [-0.39, 0.29) is 0 Å². The molecule has 4 heteroatoms. The maximum Gasteiger partial charge on any atom is 0.125 e. The molecule has 0 amide bonds. The second kappa shape index (κ2) is 6.07. The van der Waals surface area contributed by atoms with Crippen molar-refractivity contribution in [1.29, 1.82) is 0 Å². The highest BCUT2D eigenvalue weighted by atomic mass is 15.0. The number of nitrogens with zero attached hydrogens (tertiary/aromatic N) is 3. The van der Waals surface area contributed by atoms with Crippen molar-refractivity contribution in [2.75, 3.05) is 13.1 Å². The minimum absolute atomic E-state index is 0.822. The smallest absolute Gasteiger partial charge is 0.125 e. The van der Waals surface area contributed by atoms with Crippen molar-refractivity contribution in [3.63, 3.8) is 0 Å². The minimum Gasteiger partial charge on any atom is -0.374 e. The van der Waals surface area contributed by atoms with Gasteiger partial charge in [-0.05, 0) is 26.3 Å². The fourth-order valence-corrected chi connectivity index (χ4v) is 1.02. The summed E-state index contributed by atoms with van der Waals surface area (Å²) in [6.45, 7) is 5.98. The highest BCUT2D eigenvalue weighted by Crippen LogP contribution is 1.86. The molecule has 0 spiro atoms. The second-order valence-electron chi connectivity index (χ2n) is 3.04. The van der Waals surface area contributed by atoms with Crippen LogP contribution >= 0.6 is 0 Å². The van der Waals surface area contributed by atoms with Gasteiger partial charge < -0.3 is 5.32 Å². The maximum atomic E-state index is 4.14. The summed E-state index contributed by atoms with van der Waals surface area (Å²) in [5, 5.41) is 3.13. The molecule has 0 saturated carbocycles. The van der Waals surface area contributed by atoms with Gasteiger partial charge in [0.2, 0.25) is 0 Å². The largest absolute Gasteiger partial charge is 0.374 e. The van der Waals surface area contributed by atoms with E-state index in [0.717, 1.165) is 24.7 Å². The van der Waals surface area contributed by atoms with Crippen LogP contribution in [0.4, 0.5) is 0 Å². The summed E-state index contributed by atoms with van der Waals surface area (Å²) in [4.78, 5) is 11.9. The van der Waals surface area contributed by atoms with Crippen molar-refractivity contribution in [2.24, 2.45) is 4.99 Å². The van der Waals surface area contributed by atoms with E-state index in [1.165, 1.54) is 6.42 Å². The van der Waals surface area contributed by atoms with E-state index in [0.29, 0.717) is 0 Å². The van der Waals surface area contributed by atoms with Gasteiger partial charge in [-0.2, -0.15) is 0 Å². The molecule has 0 atom stereocenters. The number of aromatic nitrogens is 2. The Morgan fingerprint density at radius 1 is 1.21 bits per heavy atom. The van der Waals surface area contributed by atoms with Crippen molar-refractivity contribution in [3.8, 4) is 0 Å². The molecule has 76 valence electrons. The lowest BCUT2D eigenvalue weighted by atomic mass is 10.4. The normalized spacial score (nSPS) is 14.6. The predicted octanol–water partition coefficient (Wildman–Crippen LogP) is 1.18. The lowest BCUT2D eigenvalue weighted by Crippen LogP contribution is -2.26. The van der Waals surface area contributed by atoms with Crippen LogP contribution in [0.1, 0.15) is 19.2 Å². The fourth-order valence-electron chi connectivity index (χ4n) is 1.02. The van der Waals surface area contributed by atoms with Crippen LogP contribution in [-0.2, 0) is 0 Å². The molecule has 0 aromatic carbocycles. The van der Waals surface area contributed by atoms with Crippen LogP contribution in [0.15, 0.2) is 23.5 Å². The van der Waals surface area contributed by atoms with Crippen LogP contribution in [0.3, 0.4) is 0 Å². The third kappa shape index (κ3) is 4.54. The van der Waals surface area contributed by atoms with Crippen LogP contribution in [0.5, 0.6) is 0 Å². The Hall–Kier alpha value is -1.45. The number of hydrogen-bond acceptors (Lipinski definition) is 4. The predicted molar refractivity (Wildman–Crippen MR) is 57.4 cm³/mol. The molecule has 0 bridgehead atoms. The molecule has 1 N–H and O–H groups in total. The molecule has 1 aromatic rings. The maximum absolute atomic E-state index is 4.14. The molecule has 2 rings (SSSR count). The molecule has 0 fully saturated rings. The molecule has 0 saturated heterocycles. The van der Waals surface area contributed by atoms with Crippen LogP contribution in [-0.4, -0.2) is 28.9 Å². The number of rotatable bonds is 0. The topological polar surface area (TPSA) is 50.2 Å². The third-order valence-electron chi connectivity index (χ3n) is 1.76. The van der Waals surface area contributed by atoms with Gasteiger partial charge in [-0.15, -0.1) is 0 Å². The molecule has 14 heavy (non-hydrogen) atoms. The quantitative estimate of drug-likeness (QED) is 0.671. The van der Waals surface area contributed by atoms with Gasteiger partial charge in [-0.1, -0.05) is 0 Å². The van der Waals surface area contributed by atoms with Crippen molar-refractivity contribution in [1.82, 2.24) is 15.3 Å². The molecule has 1 aromatic heterocycles. The number of aliphatic imine (C=N–C) groups is 1. The molecular formula is C10H16N4. The summed E-state index contributed by atoms with van der Waals surface area (Å²) >= 11 is 0. The molecule has 1 aliphatic heterocycles. The molecular weight excluding hydrogens is 176 g/mol. The zero-order valence-corrected chi connectivity index (χ0v) is 8.70. The van der Waals surface area contributed by atoms with Gasteiger partial charge in [0.15, 0.2) is 0 Å². The van der Waals surface area contributed by atoms with Crippen LogP contribution in [0.2, 0.25) is 0 Å². The average Bonchev–Trinajstić information content (AvgIpc) is 2.21. The lowest BCUT2D eigenvalue weighted by Gasteiger charge is -2.08. The van der Waals surface area contributed by atoms with Crippen molar-refractivity contribution < 1.29 is 0 Å². The van der Waals surface area contributed by atoms with E-state index in [1.54, 1.807) is 18.5 Å². The highest BCUT2D eigenvalue weighted by Gasteiger charge is 1.94. The Labute approximate surface area is 84.5 Å². The second-order valence-corrected chi connectivity index (χ2v) is 3.04. The van der Waals surface area contributed by atoms with Crippen molar-refractivity contribution in [2.45, 2.75) is 20.3 Å². The fraction of sp³-hybridized carbons (Fsp3) is 0.500. The molecule has 0 aliphatic carbocycles. The summed E-state index contributed by atoms with van der Waals surface area (Å²) in [6.07, 6.45) is 4.64. The molecule has 0 unspecified atom stereocenters. The van der Waals surface area contributed by atoms with E-state index < -0.39 is 0 Å². The third-order valence-corrected chi connectivity index (χ3v) is 1.76. The highest BCUT2D eigenvalue weighted by molar-refractivity contribution is 5.79. The summed E-state index contributed by atoms with van der Waals surface area (Å²) in [6, 6.07) is 1.80. The van der Waals surface area contributed by atoms with E-state index in [9.17, 15) is 0 Å². The minimum atomic E-state index is 0.822. The van der Waals surface area contributed by atoms with E-state index >= 15 is 0 Å². The zero-order valence-electron chi connectivity index (χ0n) is 8.70. The summed E-state index contributed by atoms with van der Waals surface area (Å²) in [5.41, 5.74) is 0. The summed E-state index contributed by atoms with van der Waals surface area (Å²) in [5.74, 6) is 1.91. The van der Waals surface area contributed by atoms with Crippen LogP contribution in [0.25, 0.3) is 0 Å². The van der Waals surface area contributed by atoms with Crippen LogP contribution < -0.4 is 5.32 Å². The van der Waals surface area contributed by atoms with E-state index in [4.69, 9.17) is 0 Å². The molecule has 4 nitrogen and oxygen atoms in total. The van der Waals surface area contributed by atoms with Gasteiger partial charge in [0, 0.05) is 25.5 Å². The molecule has 1 aliphatic rings. The Balaban J connectivity index is 0.000000140. The zero-order chi connectivity index (χ0) is 10.2.